The van der Waals surface area contributed by atoms with Crippen molar-refractivity contribution in [3.63, 3.8) is 0 Å². The van der Waals surface area contributed by atoms with Gasteiger partial charge in [0, 0.05) is 51.4 Å². The van der Waals surface area contributed by atoms with Crippen LogP contribution >= 0.6 is 0 Å². The molecule has 210 valence electrons. The van der Waals surface area contributed by atoms with Crippen molar-refractivity contribution in [1.29, 1.82) is 0 Å². The van der Waals surface area contributed by atoms with Crippen LogP contribution in [0.2, 0.25) is 0 Å². The van der Waals surface area contributed by atoms with Crippen LogP contribution < -0.4 is 10.6 Å². The van der Waals surface area contributed by atoms with E-state index in [-0.39, 0.29) is 11.6 Å². The minimum Gasteiger partial charge on any atom is -0.314 e. The maximum absolute atomic E-state index is 13.6. The zero-order valence-electron chi connectivity index (χ0n) is 23.3. The Labute approximate surface area is 229 Å². The van der Waals surface area contributed by atoms with Gasteiger partial charge in [0.05, 0.1) is 6.17 Å². The molecule has 2 atom stereocenters. The second kappa shape index (κ2) is 15.7. The molecule has 2 aliphatic rings. The summed E-state index contributed by atoms with van der Waals surface area (Å²) in [5.41, 5.74) is 2.39. The van der Waals surface area contributed by atoms with Crippen LogP contribution in [0.3, 0.4) is 0 Å². The van der Waals surface area contributed by atoms with Gasteiger partial charge in [-0.2, -0.15) is 0 Å². The van der Waals surface area contributed by atoms with Gasteiger partial charge < -0.3 is 10.6 Å². The quantitative estimate of drug-likeness (QED) is 0.306. The van der Waals surface area contributed by atoms with E-state index in [1.165, 1.54) is 62.5 Å². The second-order valence-corrected chi connectivity index (χ2v) is 11.2. The molecular weight excluding hydrogens is 478 g/mol. The number of hydrogen-bond donors (Lipinski definition) is 2. The lowest BCUT2D eigenvalue weighted by atomic mass is 9.97. The number of benzene rings is 2. The maximum atomic E-state index is 13.6. The summed E-state index contributed by atoms with van der Waals surface area (Å²) in [6, 6.07) is 14.9. The summed E-state index contributed by atoms with van der Waals surface area (Å²) in [5.74, 6) is -0.345. The largest absolute Gasteiger partial charge is 0.314 e. The van der Waals surface area contributed by atoms with Gasteiger partial charge in [-0.3, -0.25) is 9.80 Å². The molecule has 0 aliphatic carbocycles. The minimum absolute atomic E-state index is 0.173. The molecule has 2 aliphatic heterocycles. The Morgan fingerprint density at radius 1 is 0.684 bits per heavy atom. The van der Waals surface area contributed by atoms with Gasteiger partial charge in [-0.05, 0) is 54.7 Å². The highest BCUT2D eigenvalue weighted by molar-refractivity contribution is 5.19. The van der Waals surface area contributed by atoms with Crippen LogP contribution in [0, 0.1) is 11.6 Å². The van der Waals surface area contributed by atoms with E-state index in [0.717, 1.165) is 52.1 Å². The summed E-state index contributed by atoms with van der Waals surface area (Å²) < 4.78 is 27.1. The lowest BCUT2D eigenvalue weighted by Crippen LogP contribution is -2.65. The van der Waals surface area contributed by atoms with Gasteiger partial charge in [0.2, 0.25) is 0 Å². The molecule has 2 heterocycles. The third kappa shape index (κ3) is 8.84. The van der Waals surface area contributed by atoms with E-state index < -0.39 is 0 Å². The Bertz CT molecular complexity index is 853. The van der Waals surface area contributed by atoms with Crippen LogP contribution in [0.25, 0.3) is 0 Å². The van der Waals surface area contributed by atoms with E-state index in [0.29, 0.717) is 18.2 Å². The van der Waals surface area contributed by atoms with Gasteiger partial charge in [-0.15, -0.1) is 0 Å². The van der Waals surface area contributed by atoms with Crippen molar-refractivity contribution in [3.05, 3.63) is 71.3 Å². The van der Waals surface area contributed by atoms with E-state index in [1.807, 2.05) is 24.3 Å². The monoisotopic (exact) mass is 526 g/mol. The van der Waals surface area contributed by atoms with Gasteiger partial charge in [0.25, 0.3) is 0 Å². The first-order chi connectivity index (χ1) is 18.6. The number of nitrogens with one attached hydrogen (secondary N) is 2. The highest BCUT2D eigenvalue weighted by Gasteiger charge is 2.36. The molecule has 2 unspecified atom stereocenters. The van der Waals surface area contributed by atoms with Crippen LogP contribution in [-0.4, -0.2) is 67.3 Å². The molecule has 6 heteroatoms. The third-order valence-corrected chi connectivity index (χ3v) is 8.39. The van der Waals surface area contributed by atoms with Crippen molar-refractivity contribution in [2.45, 2.75) is 89.4 Å². The lowest BCUT2D eigenvalue weighted by Gasteiger charge is -2.50. The molecule has 0 aromatic heterocycles. The summed E-state index contributed by atoms with van der Waals surface area (Å²) >= 11 is 0. The van der Waals surface area contributed by atoms with Gasteiger partial charge in [-0.1, -0.05) is 76.1 Å². The fraction of sp³-hybridized carbons (Fsp3) is 0.625. The van der Waals surface area contributed by atoms with Crippen LogP contribution in [0.1, 0.15) is 69.4 Å². The van der Waals surface area contributed by atoms with Crippen molar-refractivity contribution in [2.75, 3.05) is 39.3 Å². The highest BCUT2D eigenvalue weighted by atomic mass is 19.1. The number of piperazine rings is 2. The minimum atomic E-state index is -0.173. The average molecular weight is 527 g/mol. The summed E-state index contributed by atoms with van der Waals surface area (Å²) in [5, 5.41) is 7.25. The molecule has 0 bridgehead atoms. The van der Waals surface area contributed by atoms with E-state index in [2.05, 4.69) is 27.4 Å². The summed E-state index contributed by atoms with van der Waals surface area (Å²) in [7, 11) is 0. The van der Waals surface area contributed by atoms with Crippen molar-refractivity contribution in [1.82, 2.24) is 20.4 Å². The average Bonchev–Trinajstić information content (AvgIpc) is 2.94. The van der Waals surface area contributed by atoms with Crippen LogP contribution in [0.5, 0.6) is 0 Å². The normalized spacial score (nSPS) is 22.0. The molecule has 38 heavy (non-hydrogen) atoms. The first kappa shape index (κ1) is 29.1. The van der Waals surface area contributed by atoms with Gasteiger partial charge in [0.15, 0.2) is 0 Å². The number of nitrogens with zero attached hydrogens (tertiary/aromatic N) is 2. The smallest absolute Gasteiger partial charge is 0.123 e. The Balaban J connectivity index is 1.49. The van der Waals surface area contributed by atoms with Crippen molar-refractivity contribution >= 4 is 0 Å². The predicted octanol–water partition coefficient (Wildman–Crippen LogP) is 5.76. The molecule has 2 saturated heterocycles. The molecular formula is C32H48F2N4. The van der Waals surface area contributed by atoms with Gasteiger partial charge >= 0.3 is 0 Å². The standard InChI is InChI=1S/C32H48F2N4/c1-2-3-4-5-6-7-8-9-32(37-20-18-35-24-30(37)22-26-10-14-28(33)15-11-26)38-21-19-36-25-31(38)23-27-12-16-29(34)17-13-27/h10-17,30-32,35-36H,2-9,18-25H2,1H3. The summed E-state index contributed by atoms with van der Waals surface area (Å²) in [4.78, 5) is 5.50. The topological polar surface area (TPSA) is 30.5 Å². The predicted molar refractivity (Wildman–Crippen MR) is 153 cm³/mol. The van der Waals surface area contributed by atoms with Crippen LogP contribution in [-0.2, 0) is 12.8 Å². The molecule has 2 aromatic carbocycles. The second-order valence-electron chi connectivity index (χ2n) is 11.2. The molecule has 2 aromatic rings. The van der Waals surface area contributed by atoms with Crippen molar-refractivity contribution in [3.8, 4) is 0 Å². The maximum Gasteiger partial charge on any atom is 0.123 e. The molecule has 0 radical (unpaired) electrons. The number of halogens is 2. The molecule has 0 spiro atoms. The Morgan fingerprint density at radius 2 is 1.13 bits per heavy atom. The van der Waals surface area contributed by atoms with Crippen LogP contribution in [0.15, 0.2) is 48.5 Å². The molecule has 4 rings (SSSR count). The summed E-state index contributed by atoms with van der Waals surface area (Å²) in [6.45, 7) is 8.25. The van der Waals surface area contributed by atoms with E-state index in [9.17, 15) is 8.78 Å². The summed E-state index contributed by atoms with van der Waals surface area (Å²) in [6.07, 6.45) is 12.6. The highest BCUT2D eigenvalue weighted by Crippen LogP contribution is 2.25. The van der Waals surface area contributed by atoms with Gasteiger partial charge in [0.1, 0.15) is 11.6 Å². The number of unbranched alkanes of at least 4 members (excludes halogenated alkanes) is 6. The number of hydrogen-bond acceptors (Lipinski definition) is 4. The molecule has 0 amide bonds. The Hall–Kier alpha value is -1.86. The third-order valence-electron chi connectivity index (χ3n) is 8.39. The van der Waals surface area contributed by atoms with E-state index in [1.54, 1.807) is 24.3 Å². The zero-order chi connectivity index (χ0) is 26.6. The molecule has 4 nitrogen and oxygen atoms in total. The first-order valence-corrected chi connectivity index (χ1v) is 15.1. The van der Waals surface area contributed by atoms with Crippen molar-refractivity contribution in [2.24, 2.45) is 0 Å². The lowest BCUT2D eigenvalue weighted by molar-refractivity contribution is -0.0369. The molecule has 2 fully saturated rings. The van der Waals surface area contributed by atoms with Gasteiger partial charge in [-0.25, -0.2) is 8.78 Å². The Kier molecular flexibility index (Phi) is 12.0. The van der Waals surface area contributed by atoms with Crippen LogP contribution in [0.4, 0.5) is 8.78 Å². The number of rotatable bonds is 14. The van der Waals surface area contributed by atoms with E-state index in [4.69, 9.17) is 0 Å². The molecule has 2 N–H and O–H groups in total. The fourth-order valence-electron chi connectivity index (χ4n) is 6.31. The van der Waals surface area contributed by atoms with Crippen molar-refractivity contribution < 1.29 is 8.78 Å². The molecule has 0 saturated carbocycles. The SMILES string of the molecule is CCCCCCCCCC(N1CCNCC1Cc1ccc(F)cc1)N1CCNCC1Cc1ccc(F)cc1. The van der Waals surface area contributed by atoms with E-state index >= 15 is 0 Å². The Morgan fingerprint density at radius 3 is 1.61 bits per heavy atom. The zero-order valence-corrected chi connectivity index (χ0v) is 23.3. The first-order valence-electron chi connectivity index (χ1n) is 15.1. The fourth-order valence-corrected chi connectivity index (χ4v) is 6.31.